The van der Waals surface area contributed by atoms with Gasteiger partial charge in [-0.1, -0.05) is 27.7 Å². The normalized spacial score (nSPS) is 37.2. The third-order valence-electron chi connectivity index (χ3n) is 8.33. The molecule has 1 heterocycles. The van der Waals surface area contributed by atoms with Gasteiger partial charge in [-0.15, -0.1) is 0 Å². The largest absolute Gasteiger partial charge is 0.481 e. The van der Waals surface area contributed by atoms with Crippen molar-refractivity contribution in [2.24, 2.45) is 23.2 Å². The van der Waals surface area contributed by atoms with E-state index in [9.17, 15) is 14.7 Å². The molecule has 8 heteroatoms. The van der Waals surface area contributed by atoms with Crippen molar-refractivity contribution in [1.82, 2.24) is 10.6 Å². The third-order valence-corrected chi connectivity index (χ3v) is 8.33. The van der Waals surface area contributed by atoms with Crippen molar-refractivity contribution in [3.8, 4) is 0 Å². The highest BCUT2D eigenvalue weighted by Gasteiger charge is 2.68. The number of carboxylic acid groups (broad SMARTS) is 1. The summed E-state index contributed by atoms with van der Waals surface area (Å²) in [4.78, 5) is 24.3. The van der Waals surface area contributed by atoms with Gasteiger partial charge in [-0.3, -0.25) is 4.79 Å². The molecule has 0 aromatic rings. The van der Waals surface area contributed by atoms with E-state index in [1.54, 1.807) is 0 Å². The van der Waals surface area contributed by atoms with E-state index in [0.717, 1.165) is 19.3 Å². The lowest BCUT2D eigenvalue weighted by atomic mass is 9.43. The lowest BCUT2D eigenvalue weighted by Crippen LogP contribution is -2.66. The highest BCUT2D eigenvalue weighted by Crippen LogP contribution is 2.65. The average Bonchev–Trinajstić information content (AvgIpc) is 2.93. The Balaban J connectivity index is 1.50. The first kappa shape index (κ1) is 21.0. The molecule has 5 atom stereocenters. The summed E-state index contributed by atoms with van der Waals surface area (Å²) in [6, 6.07) is 0. The van der Waals surface area contributed by atoms with Crippen molar-refractivity contribution in [3.63, 3.8) is 0 Å². The first-order valence-electron chi connectivity index (χ1n) is 11.1. The Labute approximate surface area is 173 Å². The smallest absolute Gasteiger partial charge is 0.465 e. The topological polar surface area (TPSA) is 96.9 Å². The number of carbonyl (C=O) groups is 2. The van der Waals surface area contributed by atoms with Crippen molar-refractivity contribution in [2.75, 3.05) is 0 Å². The molecule has 0 radical (unpaired) electrons. The van der Waals surface area contributed by atoms with Crippen molar-refractivity contribution in [3.05, 3.63) is 0 Å². The first-order chi connectivity index (χ1) is 13.5. The van der Waals surface area contributed by atoms with Crippen LogP contribution in [-0.4, -0.2) is 47.4 Å². The zero-order chi connectivity index (χ0) is 21.2. The second-order valence-corrected chi connectivity index (χ2v) is 10.9. The van der Waals surface area contributed by atoms with Gasteiger partial charge in [-0.25, -0.2) is 4.79 Å². The van der Waals surface area contributed by atoms with Gasteiger partial charge in [0.15, 0.2) is 0 Å². The quantitative estimate of drug-likeness (QED) is 0.590. The van der Waals surface area contributed by atoms with Gasteiger partial charge in [0.1, 0.15) is 5.54 Å². The maximum atomic E-state index is 13.1. The van der Waals surface area contributed by atoms with E-state index < -0.39 is 18.8 Å². The fourth-order valence-electron chi connectivity index (χ4n) is 6.27. The number of amides is 2. The molecular weight excluding hydrogens is 371 g/mol. The van der Waals surface area contributed by atoms with Crippen molar-refractivity contribution in [2.45, 2.75) is 96.3 Å². The summed E-state index contributed by atoms with van der Waals surface area (Å²) in [6.45, 7) is 11.0. The van der Waals surface area contributed by atoms with Crippen LogP contribution in [0.2, 0.25) is 0 Å². The summed E-state index contributed by atoms with van der Waals surface area (Å²) in [5.41, 5.74) is -1.07. The van der Waals surface area contributed by atoms with E-state index in [4.69, 9.17) is 9.31 Å². The van der Waals surface area contributed by atoms with Gasteiger partial charge in [0, 0.05) is 0 Å². The summed E-state index contributed by atoms with van der Waals surface area (Å²) in [7, 11) is -0.492. The van der Waals surface area contributed by atoms with Crippen molar-refractivity contribution in [1.29, 1.82) is 0 Å². The van der Waals surface area contributed by atoms with Crippen LogP contribution >= 0.6 is 0 Å². The van der Waals surface area contributed by atoms with Gasteiger partial charge in [-0.2, -0.15) is 0 Å². The fourth-order valence-corrected chi connectivity index (χ4v) is 6.27. The Morgan fingerprint density at radius 1 is 1.21 bits per heavy atom. The second-order valence-electron chi connectivity index (χ2n) is 10.9. The monoisotopic (exact) mass is 406 g/mol. The maximum Gasteiger partial charge on any atom is 0.481 e. The van der Waals surface area contributed by atoms with Gasteiger partial charge in [0.2, 0.25) is 5.91 Å². The van der Waals surface area contributed by atoms with E-state index in [1.165, 1.54) is 6.42 Å². The summed E-state index contributed by atoms with van der Waals surface area (Å²) in [6.07, 6.45) is 3.72. The molecule has 7 nitrogen and oxygen atoms in total. The minimum atomic E-state index is -1.16. The van der Waals surface area contributed by atoms with Gasteiger partial charge in [0.05, 0.1) is 17.6 Å². The molecular formula is C21H35BN2O5. The van der Waals surface area contributed by atoms with E-state index >= 15 is 0 Å². The Morgan fingerprint density at radius 2 is 1.90 bits per heavy atom. The van der Waals surface area contributed by atoms with E-state index in [0.29, 0.717) is 30.6 Å². The number of hydrogen-bond acceptors (Lipinski definition) is 4. The molecule has 0 unspecified atom stereocenters. The maximum absolute atomic E-state index is 13.1. The van der Waals surface area contributed by atoms with Crippen LogP contribution in [0.5, 0.6) is 0 Å². The molecule has 4 saturated carbocycles. The number of nitrogens with one attached hydrogen (secondary N) is 2. The van der Waals surface area contributed by atoms with Gasteiger partial charge < -0.3 is 25.0 Å². The zero-order valence-corrected chi connectivity index (χ0v) is 18.3. The van der Waals surface area contributed by atoms with E-state index in [-0.39, 0.29) is 29.0 Å². The van der Waals surface area contributed by atoms with Crippen LogP contribution in [0.25, 0.3) is 0 Å². The molecule has 2 amide bonds. The first-order valence-corrected chi connectivity index (χ1v) is 11.1. The van der Waals surface area contributed by atoms with Crippen LogP contribution in [0.4, 0.5) is 4.79 Å². The molecule has 1 aliphatic heterocycles. The molecule has 162 valence electrons. The average molecular weight is 406 g/mol. The fraction of sp³-hybridized carbons (Fsp3) is 0.905. The third kappa shape index (κ3) is 3.27. The molecule has 5 aliphatic rings. The van der Waals surface area contributed by atoms with Gasteiger partial charge >= 0.3 is 13.2 Å². The summed E-state index contributed by atoms with van der Waals surface area (Å²) in [5, 5.41) is 14.7. The van der Waals surface area contributed by atoms with E-state index in [2.05, 4.69) is 45.3 Å². The second kappa shape index (κ2) is 6.87. The summed E-state index contributed by atoms with van der Waals surface area (Å²) >= 11 is 0. The number of hydrogen-bond donors (Lipinski definition) is 3. The van der Waals surface area contributed by atoms with Crippen LogP contribution in [0, 0.1) is 23.2 Å². The highest BCUT2D eigenvalue weighted by atomic mass is 16.7. The minimum absolute atomic E-state index is 0.0608. The van der Waals surface area contributed by atoms with Crippen molar-refractivity contribution < 1.29 is 24.0 Å². The SMILES string of the molecule is CC(C)C[C@H](NC(=O)C1(NC(=O)O)CCC1)B1O[C@@H]2C[C@@H]3C[C@@H](C3(C)C)[C@]2(C)O1. The lowest BCUT2D eigenvalue weighted by Gasteiger charge is -2.64. The molecule has 3 N–H and O–H groups in total. The Kier molecular flexibility index (Phi) is 4.97. The standard InChI is InChI=1S/C21H35BN2O5/c1-12(2)9-16(23-17(25)21(7-6-8-21)24-18(26)27)22-28-15-11-13-10-14(19(13,3)4)20(15,5)29-22/h12-16,24H,6-11H2,1-5H3,(H,23,25)(H,26,27)/t13-,14-,15+,16-,20-/m0/s1. The van der Waals surface area contributed by atoms with E-state index in [1.807, 2.05) is 0 Å². The molecule has 4 aliphatic carbocycles. The molecule has 1 saturated heterocycles. The van der Waals surface area contributed by atoms with Gasteiger partial charge in [0.25, 0.3) is 0 Å². The molecule has 29 heavy (non-hydrogen) atoms. The van der Waals surface area contributed by atoms with Crippen LogP contribution in [0.15, 0.2) is 0 Å². The molecule has 0 spiro atoms. The molecule has 5 rings (SSSR count). The molecule has 5 fully saturated rings. The van der Waals surface area contributed by atoms with Crippen LogP contribution in [0.3, 0.4) is 0 Å². The zero-order valence-electron chi connectivity index (χ0n) is 18.3. The Morgan fingerprint density at radius 3 is 2.41 bits per heavy atom. The van der Waals surface area contributed by atoms with Crippen LogP contribution in [-0.2, 0) is 14.1 Å². The minimum Gasteiger partial charge on any atom is -0.465 e. The summed E-state index contributed by atoms with van der Waals surface area (Å²) in [5.74, 6) is 0.930. The predicted octanol–water partition coefficient (Wildman–Crippen LogP) is 2.98. The molecule has 2 bridgehead atoms. The van der Waals surface area contributed by atoms with Crippen molar-refractivity contribution >= 4 is 19.1 Å². The molecule has 0 aromatic carbocycles. The molecule has 0 aromatic heterocycles. The number of rotatable bonds is 6. The summed E-state index contributed by atoms with van der Waals surface area (Å²) < 4.78 is 13.0. The van der Waals surface area contributed by atoms with Gasteiger partial charge in [-0.05, 0) is 68.6 Å². The predicted molar refractivity (Wildman–Crippen MR) is 109 cm³/mol. The van der Waals surface area contributed by atoms with Crippen LogP contribution < -0.4 is 10.6 Å². The lowest BCUT2D eigenvalue weighted by molar-refractivity contribution is -0.199. The highest BCUT2D eigenvalue weighted by molar-refractivity contribution is 6.48. The number of carbonyl (C=O) groups excluding carboxylic acids is 1. The Hall–Kier alpha value is -1.28. The Bertz CT molecular complexity index is 695. The van der Waals surface area contributed by atoms with Crippen LogP contribution in [0.1, 0.15) is 73.1 Å².